The molecule has 0 unspecified atom stereocenters. The molecule has 2 aromatic heterocycles. The lowest BCUT2D eigenvalue weighted by Crippen LogP contribution is -2.40. The summed E-state index contributed by atoms with van der Waals surface area (Å²) in [6, 6.07) is 6.90. The molecular weight excluding hydrogens is 332 g/mol. The first-order chi connectivity index (χ1) is 12.5. The number of nitriles is 1. The highest BCUT2D eigenvalue weighted by Crippen LogP contribution is 2.16. The number of fused-ring (bicyclic) bond motifs is 1. The molecule has 0 radical (unpaired) electrons. The molecule has 134 valence electrons. The molecule has 0 saturated heterocycles. The van der Waals surface area contributed by atoms with E-state index >= 15 is 0 Å². The molecule has 1 aliphatic heterocycles. The fourth-order valence-electron chi connectivity index (χ4n) is 2.83. The van der Waals surface area contributed by atoms with Crippen LogP contribution in [0.3, 0.4) is 0 Å². The Hall–Kier alpha value is -3.21. The van der Waals surface area contributed by atoms with Crippen LogP contribution in [0.4, 0.5) is 0 Å². The Kier molecular flexibility index (Phi) is 4.98. The Balaban J connectivity index is 1.61. The number of nitrogens with zero attached hydrogens (tertiary/aromatic N) is 5. The van der Waals surface area contributed by atoms with Gasteiger partial charge in [0.25, 0.3) is 5.91 Å². The smallest absolute Gasteiger partial charge is 0.253 e. The highest BCUT2D eigenvalue weighted by molar-refractivity contribution is 5.93. The van der Waals surface area contributed by atoms with E-state index in [0.717, 1.165) is 11.4 Å². The first kappa shape index (κ1) is 17.6. The van der Waals surface area contributed by atoms with Crippen LogP contribution in [0.25, 0.3) is 0 Å². The largest absolute Gasteiger partial charge is 0.346 e. The van der Waals surface area contributed by atoms with E-state index < -0.39 is 0 Å². The van der Waals surface area contributed by atoms with Crippen LogP contribution in [0.15, 0.2) is 24.4 Å². The lowest BCUT2D eigenvalue weighted by Gasteiger charge is -2.29. The van der Waals surface area contributed by atoms with Gasteiger partial charge in [0.2, 0.25) is 5.91 Å². The minimum atomic E-state index is -0.274. The summed E-state index contributed by atoms with van der Waals surface area (Å²) >= 11 is 0. The van der Waals surface area contributed by atoms with Crippen molar-refractivity contribution in [2.45, 2.75) is 33.5 Å². The average molecular weight is 352 g/mol. The fraction of sp³-hybridized carbons (Fsp3) is 0.389. The Morgan fingerprint density at radius 2 is 2.15 bits per heavy atom. The van der Waals surface area contributed by atoms with Gasteiger partial charge in [-0.25, -0.2) is 4.98 Å². The van der Waals surface area contributed by atoms with Crippen molar-refractivity contribution in [2.24, 2.45) is 5.92 Å². The van der Waals surface area contributed by atoms with Crippen LogP contribution in [0.1, 0.15) is 41.3 Å². The van der Waals surface area contributed by atoms with Gasteiger partial charge in [-0.05, 0) is 18.2 Å². The molecule has 0 spiro atoms. The number of amides is 2. The molecule has 0 atom stereocenters. The third kappa shape index (κ3) is 3.72. The van der Waals surface area contributed by atoms with Gasteiger partial charge < -0.3 is 10.2 Å². The molecule has 0 aliphatic carbocycles. The lowest BCUT2D eigenvalue weighted by molar-refractivity contribution is -0.136. The van der Waals surface area contributed by atoms with E-state index in [-0.39, 0.29) is 30.0 Å². The quantitative estimate of drug-likeness (QED) is 0.887. The summed E-state index contributed by atoms with van der Waals surface area (Å²) < 4.78 is 1.88. The van der Waals surface area contributed by atoms with E-state index in [9.17, 15) is 9.59 Å². The lowest BCUT2D eigenvalue weighted by atomic mass is 10.1. The predicted octanol–water partition coefficient (Wildman–Crippen LogP) is 1.08. The van der Waals surface area contributed by atoms with Crippen LogP contribution in [0.5, 0.6) is 0 Å². The highest BCUT2D eigenvalue weighted by atomic mass is 16.2. The molecule has 2 aromatic rings. The topological polar surface area (TPSA) is 104 Å². The van der Waals surface area contributed by atoms with Gasteiger partial charge in [-0.3, -0.25) is 14.3 Å². The van der Waals surface area contributed by atoms with E-state index in [1.54, 1.807) is 6.07 Å². The molecule has 0 saturated carbocycles. The zero-order chi connectivity index (χ0) is 18.7. The number of hydrogen-bond acceptors (Lipinski definition) is 5. The molecule has 8 heteroatoms. The van der Waals surface area contributed by atoms with Crippen LogP contribution in [-0.4, -0.2) is 38.0 Å². The molecule has 1 N–H and O–H groups in total. The second kappa shape index (κ2) is 7.35. The van der Waals surface area contributed by atoms with Crippen LogP contribution in [-0.2, 0) is 24.4 Å². The third-order valence-corrected chi connectivity index (χ3v) is 4.22. The zero-order valence-corrected chi connectivity index (χ0v) is 14.8. The second-order valence-electron chi connectivity index (χ2n) is 6.49. The van der Waals surface area contributed by atoms with E-state index in [4.69, 9.17) is 5.26 Å². The van der Waals surface area contributed by atoms with Gasteiger partial charge in [-0.1, -0.05) is 13.8 Å². The number of carbonyl (C=O) groups excluding carboxylic acids is 2. The number of nitrogens with one attached hydrogen (secondary N) is 1. The standard InChI is InChI=1S/C18H20N6O2/c1-12(2)18(26)23-5-6-24-16(11-23)7-15(22-24)10-21-17(25)13-3-4-14(8-19)20-9-13/h3-4,7,9,12H,5-6,10-11H2,1-2H3,(H,21,25). The Bertz CT molecular complexity index is 863. The van der Waals surface area contributed by atoms with Gasteiger partial charge >= 0.3 is 0 Å². The Morgan fingerprint density at radius 1 is 1.35 bits per heavy atom. The molecular formula is C18H20N6O2. The summed E-state index contributed by atoms with van der Waals surface area (Å²) in [5, 5.41) is 16.0. The number of rotatable bonds is 4. The summed E-state index contributed by atoms with van der Waals surface area (Å²) in [4.78, 5) is 30.0. The monoisotopic (exact) mass is 352 g/mol. The van der Waals surface area contributed by atoms with E-state index in [2.05, 4.69) is 15.4 Å². The molecule has 2 amide bonds. The van der Waals surface area contributed by atoms with Gasteiger partial charge in [0, 0.05) is 18.7 Å². The molecule has 0 bridgehead atoms. The average Bonchev–Trinajstić information content (AvgIpc) is 3.07. The first-order valence-corrected chi connectivity index (χ1v) is 8.46. The Morgan fingerprint density at radius 3 is 2.81 bits per heavy atom. The van der Waals surface area contributed by atoms with Gasteiger partial charge in [-0.15, -0.1) is 0 Å². The zero-order valence-electron chi connectivity index (χ0n) is 14.8. The number of pyridine rings is 1. The SMILES string of the molecule is CC(C)C(=O)N1CCn2nc(CNC(=O)c3ccc(C#N)nc3)cc2C1. The summed E-state index contributed by atoms with van der Waals surface area (Å²) in [6.07, 6.45) is 1.38. The van der Waals surface area contributed by atoms with E-state index in [0.29, 0.717) is 25.2 Å². The van der Waals surface area contributed by atoms with Crippen LogP contribution in [0.2, 0.25) is 0 Å². The maximum atomic E-state index is 12.2. The van der Waals surface area contributed by atoms with Gasteiger partial charge in [0.1, 0.15) is 11.8 Å². The minimum Gasteiger partial charge on any atom is -0.346 e. The first-order valence-electron chi connectivity index (χ1n) is 8.46. The van der Waals surface area contributed by atoms with Crippen molar-refractivity contribution < 1.29 is 9.59 Å². The van der Waals surface area contributed by atoms with Crippen molar-refractivity contribution in [3.05, 3.63) is 47.0 Å². The Labute approximate surface area is 151 Å². The van der Waals surface area contributed by atoms with Crippen molar-refractivity contribution in [3.63, 3.8) is 0 Å². The second-order valence-corrected chi connectivity index (χ2v) is 6.49. The normalized spacial score (nSPS) is 13.2. The molecule has 26 heavy (non-hydrogen) atoms. The molecule has 8 nitrogen and oxygen atoms in total. The third-order valence-electron chi connectivity index (χ3n) is 4.22. The predicted molar refractivity (Wildman–Crippen MR) is 92.6 cm³/mol. The maximum absolute atomic E-state index is 12.2. The number of carbonyl (C=O) groups is 2. The van der Waals surface area contributed by atoms with Crippen molar-refractivity contribution in [1.29, 1.82) is 5.26 Å². The van der Waals surface area contributed by atoms with Crippen LogP contribution < -0.4 is 5.32 Å². The van der Waals surface area contributed by atoms with E-state index in [1.165, 1.54) is 12.3 Å². The molecule has 1 aliphatic rings. The molecule has 0 aromatic carbocycles. The van der Waals surface area contributed by atoms with Crippen molar-refractivity contribution in [2.75, 3.05) is 6.54 Å². The van der Waals surface area contributed by atoms with Crippen LogP contribution >= 0.6 is 0 Å². The molecule has 3 rings (SSSR count). The van der Waals surface area contributed by atoms with Crippen molar-refractivity contribution in [3.8, 4) is 6.07 Å². The minimum absolute atomic E-state index is 0.0238. The summed E-state index contributed by atoms with van der Waals surface area (Å²) in [7, 11) is 0. The fourth-order valence-corrected chi connectivity index (χ4v) is 2.83. The molecule has 0 fully saturated rings. The summed E-state index contributed by atoms with van der Waals surface area (Å²) in [5.74, 6) is -0.158. The van der Waals surface area contributed by atoms with Gasteiger partial charge in [-0.2, -0.15) is 10.4 Å². The van der Waals surface area contributed by atoms with Gasteiger partial charge in [0.05, 0.1) is 36.6 Å². The van der Waals surface area contributed by atoms with Crippen LogP contribution in [0, 0.1) is 17.2 Å². The summed E-state index contributed by atoms with van der Waals surface area (Å²) in [5.41, 5.74) is 2.37. The van der Waals surface area contributed by atoms with Crippen molar-refractivity contribution >= 4 is 11.8 Å². The van der Waals surface area contributed by atoms with Crippen molar-refractivity contribution in [1.82, 2.24) is 25.0 Å². The highest BCUT2D eigenvalue weighted by Gasteiger charge is 2.23. The summed E-state index contributed by atoms with van der Waals surface area (Å²) in [6.45, 7) is 5.92. The number of hydrogen-bond donors (Lipinski definition) is 1. The van der Waals surface area contributed by atoms with Gasteiger partial charge in [0.15, 0.2) is 0 Å². The maximum Gasteiger partial charge on any atom is 0.253 e. The van der Waals surface area contributed by atoms with E-state index in [1.807, 2.05) is 35.6 Å². The molecule has 3 heterocycles. The number of aromatic nitrogens is 3.